The first-order chi connectivity index (χ1) is 31.5. The maximum Gasteiger partial charge on any atom is 0.145 e. The van der Waals surface area contributed by atoms with Gasteiger partial charge in [0.2, 0.25) is 0 Å². The zero-order valence-electron chi connectivity index (χ0n) is 35.6. The van der Waals surface area contributed by atoms with Crippen molar-refractivity contribution in [3.8, 4) is 39.1 Å². The van der Waals surface area contributed by atoms with Crippen molar-refractivity contribution in [2.24, 2.45) is 0 Å². The molecule has 1 aliphatic rings. The Morgan fingerprint density at radius 3 is 1.80 bits per heavy atom. The molecular weight excluding hydrogens is 777 g/mol. The number of aromatic nitrogens is 1. The molecule has 0 aliphatic heterocycles. The summed E-state index contributed by atoms with van der Waals surface area (Å²) in [7, 11) is 0. The smallest absolute Gasteiger partial charge is 0.145 e. The Morgan fingerprint density at radius 1 is 0.422 bits per heavy atom. The SMILES string of the molecule is CC1(C)c2ccccc2-c2ccc(-c3ccc(N(c4cccc5ccccc45)c4ccc(-c5ccc(-n6c7ccccc7c7ccccc76)cc5)c5oc6ccccc6c45)cc3)cc21. The number of fused-ring (bicyclic) bond motifs is 10. The monoisotopic (exact) mass is 818 g/mol. The first-order valence-corrected chi connectivity index (χ1v) is 22.2. The predicted octanol–water partition coefficient (Wildman–Crippen LogP) is 16.9. The van der Waals surface area contributed by atoms with Crippen LogP contribution in [-0.4, -0.2) is 4.57 Å². The van der Waals surface area contributed by atoms with Crippen LogP contribution < -0.4 is 4.90 Å². The Kier molecular flexibility index (Phi) is 7.95. The zero-order chi connectivity index (χ0) is 42.5. The van der Waals surface area contributed by atoms with Crippen LogP contribution in [0.1, 0.15) is 25.0 Å². The molecule has 1 aliphatic carbocycles. The average molecular weight is 819 g/mol. The van der Waals surface area contributed by atoms with Crippen LogP contribution in [0.2, 0.25) is 0 Å². The highest BCUT2D eigenvalue weighted by atomic mass is 16.3. The lowest BCUT2D eigenvalue weighted by atomic mass is 9.81. The fourth-order valence-corrected chi connectivity index (χ4v) is 10.7. The Balaban J connectivity index is 0.962. The molecular formula is C61H42N2O. The lowest BCUT2D eigenvalue weighted by Gasteiger charge is -2.28. The summed E-state index contributed by atoms with van der Waals surface area (Å²) in [6, 6.07) is 79.5. The highest BCUT2D eigenvalue weighted by Gasteiger charge is 2.35. The topological polar surface area (TPSA) is 21.3 Å². The standard InChI is InChI=1S/C61H42N2O/c1-61(2)52-21-9-5-17-47(52)48-35-30-42(38-53(48)61)39-26-31-44(32-27-39)63(54-24-13-15-40-14-3-4-16-45(40)54)57-37-36-46(60-59(57)51-20-8-12-25-58(51)64-60)41-28-33-43(34-29-41)62-55-22-10-6-18-49(55)50-19-7-11-23-56(50)62/h3-38H,1-2H3. The molecule has 0 amide bonds. The highest BCUT2D eigenvalue weighted by molar-refractivity contribution is 6.18. The summed E-state index contributed by atoms with van der Waals surface area (Å²) in [5.41, 5.74) is 18.4. The Bertz CT molecular complexity index is 3750. The molecule has 0 saturated heterocycles. The van der Waals surface area contributed by atoms with Gasteiger partial charge in [0, 0.05) is 43.9 Å². The second-order valence-electron chi connectivity index (χ2n) is 17.7. The lowest BCUT2D eigenvalue weighted by molar-refractivity contribution is 0.660. The van der Waals surface area contributed by atoms with Gasteiger partial charge in [-0.1, -0.05) is 166 Å². The van der Waals surface area contributed by atoms with Crippen molar-refractivity contribution >= 4 is 71.6 Å². The van der Waals surface area contributed by atoms with Gasteiger partial charge in [-0.3, -0.25) is 0 Å². The number of rotatable bonds is 6. The molecule has 302 valence electrons. The fourth-order valence-electron chi connectivity index (χ4n) is 10.7. The third-order valence-electron chi connectivity index (χ3n) is 13.8. The molecule has 13 rings (SSSR count). The quantitative estimate of drug-likeness (QED) is 0.167. The zero-order valence-corrected chi connectivity index (χ0v) is 35.6. The molecule has 10 aromatic carbocycles. The van der Waals surface area contributed by atoms with Crippen molar-refractivity contribution in [3.63, 3.8) is 0 Å². The van der Waals surface area contributed by atoms with Crippen molar-refractivity contribution < 1.29 is 4.42 Å². The van der Waals surface area contributed by atoms with E-state index in [1.165, 1.54) is 66.0 Å². The molecule has 0 radical (unpaired) electrons. The predicted molar refractivity (Wildman–Crippen MR) is 269 cm³/mol. The van der Waals surface area contributed by atoms with Crippen molar-refractivity contribution in [1.82, 2.24) is 4.57 Å². The van der Waals surface area contributed by atoms with Gasteiger partial charge in [-0.25, -0.2) is 0 Å². The van der Waals surface area contributed by atoms with E-state index in [0.717, 1.165) is 55.8 Å². The van der Waals surface area contributed by atoms with E-state index >= 15 is 0 Å². The minimum absolute atomic E-state index is 0.0632. The molecule has 12 aromatic rings. The van der Waals surface area contributed by atoms with E-state index in [0.29, 0.717) is 0 Å². The van der Waals surface area contributed by atoms with Gasteiger partial charge in [0.25, 0.3) is 0 Å². The van der Waals surface area contributed by atoms with Gasteiger partial charge in [0.1, 0.15) is 11.2 Å². The minimum atomic E-state index is -0.0632. The van der Waals surface area contributed by atoms with E-state index in [2.05, 4.69) is 242 Å². The van der Waals surface area contributed by atoms with E-state index in [4.69, 9.17) is 4.42 Å². The third-order valence-corrected chi connectivity index (χ3v) is 13.8. The van der Waals surface area contributed by atoms with Crippen LogP contribution in [0.3, 0.4) is 0 Å². The summed E-state index contributed by atoms with van der Waals surface area (Å²) >= 11 is 0. The summed E-state index contributed by atoms with van der Waals surface area (Å²) in [6.45, 7) is 4.69. The summed E-state index contributed by atoms with van der Waals surface area (Å²) in [5, 5.41) is 7.05. The Labute approximate surface area is 371 Å². The molecule has 3 nitrogen and oxygen atoms in total. The highest BCUT2D eigenvalue weighted by Crippen LogP contribution is 2.51. The van der Waals surface area contributed by atoms with E-state index < -0.39 is 0 Å². The number of nitrogens with zero attached hydrogens (tertiary/aromatic N) is 2. The fraction of sp³-hybridized carbons (Fsp3) is 0.0492. The number of para-hydroxylation sites is 3. The van der Waals surface area contributed by atoms with Crippen LogP contribution in [0.15, 0.2) is 223 Å². The largest absolute Gasteiger partial charge is 0.455 e. The van der Waals surface area contributed by atoms with Gasteiger partial charge in [-0.15, -0.1) is 0 Å². The van der Waals surface area contributed by atoms with Gasteiger partial charge in [0.05, 0.1) is 27.8 Å². The second-order valence-corrected chi connectivity index (χ2v) is 17.7. The number of furan rings is 1. The molecule has 0 unspecified atom stereocenters. The van der Waals surface area contributed by atoms with Crippen LogP contribution >= 0.6 is 0 Å². The van der Waals surface area contributed by atoms with Gasteiger partial charge in [0.15, 0.2) is 0 Å². The number of anilines is 3. The molecule has 0 N–H and O–H groups in total. The maximum absolute atomic E-state index is 6.93. The lowest BCUT2D eigenvalue weighted by Crippen LogP contribution is -2.14. The Morgan fingerprint density at radius 2 is 1.02 bits per heavy atom. The molecule has 64 heavy (non-hydrogen) atoms. The van der Waals surface area contributed by atoms with E-state index in [-0.39, 0.29) is 5.41 Å². The van der Waals surface area contributed by atoms with Crippen LogP contribution in [0, 0.1) is 0 Å². The summed E-state index contributed by atoms with van der Waals surface area (Å²) in [4.78, 5) is 2.42. The average Bonchev–Trinajstić information content (AvgIpc) is 3.98. The number of hydrogen-bond acceptors (Lipinski definition) is 2. The van der Waals surface area contributed by atoms with Crippen LogP contribution in [0.5, 0.6) is 0 Å². The molecule has 2 aromatic heterocycles. The summed E-state index contributed by atoms with van der Waals surface area (Å²) < 4.78 is 9.29. The second kappa shape index (κ2) is 13.9. The number of hydrogen-bond donors (Lipinski definition) is 0. The van der Waals surface area contributed by atoms with Gasteiger partial charge in [-0.05, 0) is 111 Å². The molecule has 0 atom stereocenters. The van der Waals surface area contributed by atoms with Crippen molar-refractivity contribution in [1.29, 1.82) is 0 Å². The molecule has 0 spiro atoms. The Hall–Kier alpha value is -8.14. The normalized spacial score (nSPS) is 13.0. The molecule has 3 heteroatoms. The van der Waals surface area contributed by atoms with Crippen molar-refractivity contribution in [2.75, 3.05) is 4.90 Å². The maximum atomic E-state index is 6.93. The number of benzene rings is 10. The minimum Gasteiger partial charge on any atom is -0.455 e. The van der Waals surface area contributed by atoms with Gasteiger partial charge in [-0.2, -0.15) is 0 Å². The molecule has 0 bridgehead atoms. The van der Waals surface area contributed by atoms with Crippen LogP contribution in [-0.2, 0) is 5.41 Å². The van der Waals surface area contributed by atoms with E-state index in [1.807, 2.05) is 0 Å². The van der Waals surface area contributed by atoms with Gasteiger partial charge < -0.3 is 13.9 Å². The first kappa shape index (κ1) is 36.5. The molecule has 2 heterocycles. The van der Waals surface area contributed by atoms with Crippen LogP contribution in [0.4, 0.5) is 17.1 Å². The molecule has 0 fully saturated rings. The summed E-state index contributed by atoms with van der Waals surface area (Å²) in [6.07, 6.45) is 0. The third kappa shape index (κ3) is 5.41. The van der Waals surface area contributed by atoms with Crippen molar-refractivity contribution in [2.45, 2.75) is 19.3 Å². The first-order valence-electron chi connectivity index (χ1n) is 22.2. The van der Waals surface area contributed by atoms with E-state index in [1.54, 1.807) is 0 Å². The molecule has 0 saturated carbocycles. The van der Waals surface area contributed by atoms with E-state index in [9.17, 15) is 0 Å². The van der Waals surface area contributed by atoms with Gasteiger partial charge >= 0.3 is 0 Å². The van der Waals surface area contributed by atoms with Crippen molar-refractivity contribution in [3.05, 3.63) is 230 Å². The summed E-state index contributed by atoms with van der Waals surface area (Å²) in [5.74, 6) is 0. The van der Waals surface area contributed by atoms with Crippen LogP contribution in [0.25, 0.3) is 93.6 Å².